The monoisotopic (exact) mass is 494 g/mol. The Morgan fingerprint density at radius 2 is 1.11 bits per heavy atom. The number of rotatable bonds is 13. The second-order valence-electron chi connectivity index (χ2n) is 8.96. The Labute approximate surface area is 213 Å². The van der Waals surface area contributed by atoms with Gasteiger partial charge in [-0.05, 0) is 30.9 Å². The molecular formula is C30H38O6. The van der Waals surface area contributed by atoms with Crippen LogP contribution in [0.3, 0.4) is 0 Å². The highest BCUT2D eigenvalue weighted by Crippen LogP contribution is 2.43. The molecule has 0 atom stereocenters. The van der Waals surface area contributed by atoms with Gasteiger partial charge >= 0.3 is 12.3 Å². The quantitative estimate of drug-likeness (QED) is 0.102. The molecular weight excluding hydrogens is 456 g/mol. The summed E-state index contributed by atoms with van der Waals surface area (Å²) in [5.74, 6) is 0.789. The van der Waals surface area contributed by atoms with Crippen LogP contribution in [0.15, 0.2) is 42.5 Å². The van der Waals surface area contributed by atoms with E-state index in [9.17, 15) is 9.59 Å². The van der Waals surface area contributed by atoms with E-state index in [4.69, 9.17) is 18.9 Å². The molecule has 0 amide bonds. The van der Waals surface area contributed by atoms with Crippen molar-refractivity contribution in [3.63, 3.8) is 0 Å². The Kier molecular flexibility index (Phi) is 10.9. The summed E-state index contributed by atoms with van der Waals surface area (Å²) in [5.41, 5.74) is 1.07. The molecule has 0 unspecified atom stereocenters. The molecule has 0 radical (unpaired) electrons. The van der Waals surface area contributed by atoms with Crippen LogP contribution >= 0.6 is 0 Å². The zero-order valence-corrected chi connectivity index (χ0v) is 21.8. The minimum Gasteiger partial charge on any atom is -0.434 e. The van der Waals surface area contributed by atoms with E-state index in [1.165, 1.54) is 0 Å². The normalized spacial score (nSPS) is 11.0. The minimum absolute atomic E-state index is 0.319. The maximum atomic E-state index is 12.6. The molecule has 0 saturated carbocycles. The fourth-order valence-corrected chi connectivity index (χ4v) is 4.18. The molecule has 3 rings (SSSR count). The second-order valence-corrected chi connectivity index (χ2v) is 8.96. The molecule has 0 fully saturated rings. The van der Waals surface area contributed by atoms with E-state index in [1.54, 1.807) is 0 Å². The molecule has 0 bridgehead atoms. The van der Waals surface area contributed by atoms with Crippen LogP contribution in [0.4, 0.5) is 9.59 Å². The van der Waals surface area contributed by atoms with Gasteiger partial charge in [0.2, 0.25) is 0 Å². The molecule has 3 aromatic carbocycles. The molecule has 0 heterocycles. The van der Waals surface area contributed by atoms with Crippen molar-refractivity contribution in [2.24, 2.45) is 0 Å². The first kappa shape index (κ1) is 27.3. The number of carbonyl (C=O) groups is 2. The van der Waals surface area contributed by atoms with Gasteiger partial charge in [-0.2, -0.15) is 0 Å². The highest BCUT2D eigenvalue weighted by atomic mass is 16.7. The molecule has 0 saturated heterocycles. The van der Waals surface area contributed by atoms with Crippen LogP contribution < -0.4 is 9.47 Å². The first-order chi connectivity index (χ1) is 17.6. The zero-order chi connectivity index (χ0) is 25.8. The molecule has 194 valence electrons. The number of carbonyl (C=O) groups excluding carboxylic acids is 2. The average molecular weight is 495 g/mol. The molecule has 0 aliphatic heterocycles. The van der Waals surface area contributed by atoms with Crippen LogP contribution in [0.25, 0.3) is 21.5 Å². The van der Waals surface area contributed by atoms with Gasteiger partial charge in [-0.3, -0.25) is 0 Å². The van der Waals surface area contributed by atoms with Crippen molar-refractivity contribution < 1.29 is 28.5 Å². The van der Waals surface area contributed by atoms with E-state index in [1.807, 2.05) is 42.5 Å². The van der Waals surface area contributed by atoms with E-state index in [0.29, 0.717) is 46.3 Å². The Balaban J connectivity index is 1.91. The standard InChI is InChI=1S/C30H38O6/c1-4-7-9-13-19-33-29(31)35-27-23-15-11-12-16-24(23)28(26-21-22(6-3)17-18-25(26)27)36-30(32)34-20-14-10-8-5-2/h11-12,15-18,21H,4-10,13-14,19-20H2,1-3H3. The van der Waals surface area contributed by atoms with Crippen molar-refractivity contribution in [2.75, 3.05) is 13.2 Å². The van der Waals surface area contributed by atoms with Gasteiger partial charge in [0.05, 0.1) is 13.2 Å². The fraction of sp³-hybridized carbons (Fsp3) is 0.467. The highest BCUT2D eigenvalue weighted by molar-refractivity contribution is 6.12. The molecule has 0 aromatic heterocycles. The van der Waals surface area contributed by atoms with Crippen LogP contribution in [0.2, 0.25) is 0 Å². The third kappa shape index (κ3) is 7.36. The molecule has 36 heavy (non-hydrogen) atoms. The smallest absolute Gasteiger partial charge is 0.434 e. The lowest BCUT2D eigenvalue weighted by atomic mass is 9.98. The predicted molar refractivity (Wildman–Crippen MR) is 143 cm³/mol. The maximum Gasteiger partial charge on any atom is 0.513 e. The van der Waals surface area contributed by atoms with Gasteiger partial charge in [0, 0.05) is 21.5 Å². The Morgan fingerprint density at radius 3 is 1.61 bits per heavy atom. The van der Waals surface area contributed by atoms with Crippen molar-refractivity contribution in [2.45, 2.75) is 78.6 Å². The van der Waals surface area contributed by atoms with E-state index >= 15 is 0 Å². The molecule has 6 nitrogen and oxygen atoms in total. The number of hydrogen-bond donors (Lipinski definition) is 0. The summed E-state index contributed by atoms with van der Waals surface area (Å²) in [5, 5.41) is 2.66. The topological polar surface area (TPSA) is 71.1 Å². The summed E-state index contributed by atoms with van der Waals surface area (Å²) in [4.78, 5) is 25.2. The number of ether oxygens (including phenoxy) is 4. The Bertz CT molecular complexity index is 1150. The van der Waals surface area contributed by atoms with Crippen molar-refractivity contribution in [1.29, 1.82) is 0 Å². The zero-order valence-electron chi connectivity index (χ0n) is 21.8. The first-order valence-electron chi connectivity index (χ1n) is 13.3. The lowest BCUT2D eigenvalue weighted by Crippen LogP contribution is -2.14. The largest absolute Gasteiger partial charge is 0.513 e. The van der Waals surface area contributed by atoms with Crippen molar-refractivity contribution in [3.05, 3.63) is 48.0 Å². The average Bonchev–Trinajstić information content (AvgIpc) is 2.90. The SMILES string of the molecule is CCCCCCOC(=O)Oc1c2ccccc2c(OC(=O)OCCCCCC)c2cc(CC)ccc12. The molecule has 6 heteroatoms. The fourth-order valence-electron chi connectivity index (χ4n) is 4.18. The lowest BCUT2D eigenvalue weighted by molar-refractivity contribution is 0.0965. The molecule has 0 spiro atoms. The summed E-state index contributed by atoms with van der Waals surface area (Å²) in [6.45, 7) is 6.97. The van der Waals surface area contributed by atoms with Crippen LogP contribution in [-0.4, -0.2) is 25.5 Å². The molecule has 0 aliphatic rings. The van der Waals surface area contributed by atoms with Gasteiger partial charge in [0.15, 0.2) is 0 Å². The van der Waals surface area contributed by atoms with Gasteiger partial charge in [0.25, 0.3) is 0 Å². The van der Waals surface area contributed by atoms with Crippen LogP contribution in [-0.2, 0) is 15.9 Å². The van der Waals surface area contributed by atoms with Gasteiger partial charge in [-0.15, -0.1) is 0 Å². The summed E-state index contributed by atoms with van der Waals surface area (Å²) < 4.78 is 22.2. The van der Waals surface area contributed by atoms with E-state index in [2.05, 4.69) is 20.8 Å². The maximum absolute atomic E-state index is 12.6. The van der Waals surface area contributed by atoms with Crippen molar-refractivity contribution in [1.82, 2.24) is 0 Å². The first-order valence-corrected chi connectivity index (χ1v) is 13.3. The summed E-state index contributed by atoms with van der Waals surface area (Å²) in [6, 6.07) is 13.2. The molecule has 0 aliphatic carbocycles. The third-order valence-electron chi connectivity index (χ3n) is 6.20. The van der Waals surface area contributed by atoms with Gasteiger partial charge in [-0.25, -0.2) is 9.59 Å². The molecule has 0 N–H and O–H groups in total. The Morgan fingerprint density at radius 1 is 0.611 bits per heavy atom. The van der Waals surface area contributed by atoms with Crippen LogP contribution in [0, 0.1) is 0 Å². The van der Waals surface area contributed by atoms with Crippen LogP contribution in [0.5, 0.6) is 11.5 Å². The van der Waals surface area contributed by atoms with Crippen LogP contribution in [0.1, 0.15) is 77.7 Å². The van der Waals surface area contributed by atoms with Crippen molar-refractivity contribution >= 4 is 33.9 Å². The number of aryl methyl sites for hydroxylation is 1. The summed E-state index contributed by atoms with van der Waals surface area (Å²) in [6.07, 6.45) is 7.40. The predicted octanol–water partition coefficient (Wildman–Crippen LogP) is 8.75. The van der Waals surface area contributed by atoms with Gasteiger partial charge in [-0.1, -0.05) is 95.7 Å². The van der Waals surface area contributed by atoms with E-state index in [0.717, 1.165) is 63.4 Å². The number of hydrogen-bond acceptors (Lipinski definition) is 6. The van der Waals surface area contributed by atoms with Gasteiger partial charge < -0.3 is 18.9 Å². The summed E-state index contributed by atoms with van der Waals surface area (Å²) in [7, 11) is 0. The molecule has 3 aromatic rings. The lowest BCUT2D eigenvalue weighted by Gasteiger charge is -2.17. The number of benzene rings is 3. The Hall–Kier alpha value is -3.28. The van der Waals surface area contributed by atoms with E-state index in [-0.39, 0.29) is 0 Å². The second kappa shape index (κ2) is 14.3. The number of unbranched alkanes of at least 4 members (excludes halogenated alkanes) is 6. The van der Waals surface area contributed by atoms with Crippen molar-refractivity contribution in [3.8, 4) is 11.5 Å². The van der Waals surface area contributed by atoms with Gasteiger partial charge in [0.1, 0.15) is 11.5 Å². The highest BCUT2D eigenvalue weighted by Gasteiger charge is 2.21. The summed E-state index contributed by atoms with van der Waals surface area (Å²) >= 11 is 0. The van der Waals surface area contributed by atoms with E-state index < -0.39 is 12.3 Å². The minimum atomic E-state index is -0.738. The number of fused-ring (bicyclic) bond motifs is 2. The third-order valence-corrected chi connectivity index (χ3v) is 6.20.